The van der Waals surface area contributed by atoms with Crippen molar-refractivity contribution in [3.63, 3.8) is 0 Å². The number of amides is 1. The second kappa shape index (κ2) is 8.63. The second-order valence-corrected chi connectivity index (χ2v) is 8.59. The van der Waals surface area contributed by atoms with Crippen LogP contribution in [0.4, 0.5) is 4.39 Å². The lowest BCUT2D eigenvalue weighted by Gasteiger charge is -2.31. The molecule has 1 aliphatic rings. The van der Waals surface area contributed by atoms with E-state index in [1.165, 1.54) is 10.4 Å². The number of nitrogens with one attached hydrogen (secondary N) is 1. The molecule has 5 nitrogen and oxygen atoms in total. The van der Waals surface area contributed by atoms with Crippen molar-refractivity contribution in [2.75, 3.05) is 19.6 Å². The lowest BCUT2D eigenvalue weighted by Crippen LogP contribution is -2.45. The normalized spacial score (nSPS) is 18.2. The molecule has 3 rings (SSSR count). The Bertz CT molecular complexity index is 887. The van der Waals surface area contributed by atoms with Gasteiger partial charge in [0.15, 0.2) is 0 Å². The van der Waals surface area contributed by atoms with E-state index in [-0.39, 0.29) is 23.2 Å². The number of carbonyl (C=O) groups excluding carboxylic acids is 1. The van der Waals surface area contributed by atoms with Crippen LogP contribution in [-0.4, -0.2) is 38.3 Å². The molecule has 1 fully saturated rings. The molecule has 0 saturated carbocycles. The average molecular weight is 390 g/mol. The number of nitrogens with zero attached hydrogens (tertiary/aromatic N) is 1. The molecule has 1 N–H and O–H groups in total. The summed E-state index contributed by atoms with van der Waals surface area (Å²) >= 11 is 0. The zero-order valence-electron chi connectivity index (χ0n) is 15.0. The van der Waals surface area contributed by atoms with Gasteiger partial charge in [-0.25, -0.2) is 12.8 Å². The minimum absolute atomic E-state index is 0.169. The molecule has 144 valence electrons. The zero-order chi connectivity index (χ0) is 19.3. The molecule has 1 atom stereocenters. The summed E-state index contributed by atoms with van der Waals surface area (Å²) < 4.78 is 40.5. The van der Waals surface area contributed by atoms with E-state index >= 15 is 0 Å². The third-order valence-corrected chi connectivity index (χ3v) is 6.67. The molecule has 2 aromatic rings. The van der Waals surface area contributed by atoms with Crippen molar-refractivity contribution in [2.45, 2.75) is 24.2 Å². The second-order valence-electron chi connectivity index (χ2n) is 6.65. The SMILES string of the molecule is O=C(NCCc1ccccc1F)C1CCCN(S(=O)(=O)c2ccccc2)C1. The Morgan fingerprint density at radius 1 is 1.11 bits per heavy atom. The number of hydrogen-bond acceptors (Lipinski definition) is 3. The molecule has 1 amide bonds. The van der Waals surface area contributed by atoms with E-state index in [1.54, 1.807) is 48.5 Å². The molecule has 7 heteroatoms. The third kappa shape index (κ3) is 4.73. The van der Waals surface area contributed by atoms with Gasteiger partial charge in [-0.3, -0.25) is 4.79 Å². The van der Waals surface area contributed by atoms with Gasteiger partial charge in [0.2, 0.25) is 15.9 Å². The van der Waals surface area contributed by atoms with Crippen molar-refractivity contribution < 1.29 is 17.6 Å². The van der Waals surface area contributed by atoms with Gasteiger partial charge in [-0.2, -0.15) is 4.31 Å². The van der Waals surface area contributed by atoms with Gasteiger partial charge in [0, 0.05) is 19.6 Å². The maximum absolute atomic E-state index is 13.6. The number of sulfonamides is 1. The van der Waals surface area contributed by atoms with Crippen LogP contribution in [0.1, 0.15) is 18.4 Å². The fourth-order valence-electron chi connectivity index (χ4n) is 3.28. The van der Waals surface area contributed by atoms with Gasteiger partial charge < -0.3 is 5.32 Å². The number of carbonyl (C=O) groups is 1. The fourth-order valence-corrected chi connectivity index (χ4v) is 4.83. The number of hydrogen-bond donors (Lipinski definition) is 1. The summed E-state index contributed by atoms with van der Waals surface area (Å²) in [6.07, 6.45) is 1.68. The molecular weight excluding hydrogens is 367 g/mol. The lowest BCUT2D eigenvalue weighted by molar-refractivity contribution is -0.126. The van der Waals surface area contributed by atoms with Gasteiger partial charge in [-0.05, 0) is 43.0 Å². The van der Waals surface area contributed by atoms with Gasteiger partial charge in [-0.15, -0.1) is 0 Å². The Labute approximate surface area is 159 Å². The monoisotopic (exact) mass is 390 g/mol. The number of rotatable bonds is 6. The Morgan fingerprint density at radius 2 is 1.81 bits per heavy atom. The summed E-state index contributed by atoms with van der Waals surface area (Å²) in [7, 11) is -3.59. The van der Waals surface area contributed by atoms with Crippen LogP contribution < -0.4 is 5.32 Å². The Hall–Kier alpha value is -2.25. The highest BCUT2D eigenvalue weighted by atomic mass is 32.2. The highest BCUT2D eigenvalue weighted by Crippen LogP contribution is 2.23. The Kier molecular flexibility index (Phi) is 6.23. The highest BCUT2D eigenvalue weighted by molar-refractivity contribution is 7.89. The molecule has 0 spiro atoms. The fraction of sp³-hybridized carbons (Fsp3) is 0.350. The minimum atomic E-state index is -3.59. The van der Waals surface area contributed by atoms with E-state index in [0.29, 0.717) is 37.9 Å². The molecule has 0 radical (unpaired) electrons. The van der Waals surface area contributed by atoms with Gasteiger partial charge in [0.1, 0.15) is 5.82 Å². The zero-order valence-corrected chi connectivity index (χ0v) is 15.8. The molecule has 0 bridgehead atoms. The number of piperidine rings is 1. The molecule has 1 aliphatic heterocycles. The van der Waals surface area contributed by atoms with E-state index in [0.717, 1.165) is 0 Å². The smallest absolute Gasteiger partial charge is 0.243 e. The van der Waals surface area contributed by atoms with E-state index < -0.39 is 15.9 Å². The number of halogens is 1. The first kappa shape index (κ1) is 19.5. The van der Waals surface area contributed by atoms with Crippen molar-refractivity contribution >= 4 is 15.9 Å². The van der Waals surface area contributed by atoms with Gasteiger partial charge in [0.05, 0.1) is 10.8 Å². The van der Waals surface area contributed by atoms with E-state index in [2.05, 4.69) is 5.32 Å². The Morgan fingerprint density at radius 3 is 2.56 bits per heavy atom. The van der Waals surface area contributed by atoms with Crippen LogP contribution in [0, 0.1) is 11.7 Å². The topological polar surface area (TPSA) is 66.5 Å². The molecule has 1 heterocycles. The summed E-state index contributed by atoms with van der Waals surface area (Å²) in [5, 5.41) is 2.81. The highest BCUT2D eigenvalue weighted by Gasteiger charge is 2.33. The standard InChI is InChI=1S/C20H23FN2O3S/c21-19-11-5-4-7-16(19)12-13-22-20(24)17-8-6-14-23(15-17)27(25,26)18-9-2-1-3-10-18/h1-5,7,9-11,17H,6,8,12-15H2,(H,22,24). The van der Waals surface area contributed by atoms with Crippen molar-refractivity contribution in [2.24, 2.45) is 5.92 Å². The molecule has 27 heavy (non-hydrogen) atoms. The first-order chi connectivity index (χ1) is 13.0. The first-order valence-corrected chi connectivity index (χ1v) is 10.5. The van der Waals surface area contributed by atoms with Crippen LogP contribution in [0.5, 0.6) is 0 Å². The molecule has 1 unspecified atom stereocenters. The van der Waals surface area contributed by atoms with Crippen molar-refractivity contribution in [3.8, 4) is 0 Å². The first-order valence-electron chi connectivity index (χ1n) is 9.05. The lowest BCUT2D eigenvalue weighted by atomic mass is 9.99. The van der Waals surface area contributed by atoms with Gasteiger partial charge in [-0.1, -0.05) is 36.4 Å². The average Bonchev–Trinajstić information content (AvgIpc) is 2.70. The van der Waals surface area contributed by atoms with Crippen molar-refractivity contribution in [1.82, 2.24) is 9.62 Å². The molecule has 0 aliphatic carbocycles. The predicted octanol–water partition coefficient (Wildman–Crippen LogP) is 2.59. The summed E-state index contributed by atoms with van der Waals surface area (Å²) in [6.45, 7) is 0.903. The number of benzene rings is 2. The van der Waals surface area contributed by atoms with E-state index in [9.17, 15) is 17.6 Å². The summed E-state index contributed by atoms with van der Waals surface area (Å²) in [6, 6.07) is 14.7. The molecule has 0 aromatic heterocycles. The van der Waals surface area contributed by atoms with E-state index in [4.69, 9.17) is 0 Å². The summed E-state index contributed by atoms with van der Waals surface area (Å²) in [5.41, 5.74) is 0.551. The summed E-state index contributed by atoms with van der Waals surface area (Å²) in [4.78, 5) is 12.7. The van der Waals surface area contributed by atoms with Crippen LogP contribution >= 0.6 is 0 Å². The largest absolute Gasteiger partial charge is 0.355 e. The van der Waals surface area contributed by atoms with Crippen LogP contribution in [0.3, 0.4) is 0 Å². The van der Waals surface area contributed by atoms with Crippen LogP contribution in [0.25, 0.3) is 0 Å². The van der Waals surface area contributed by atoms with Crippen LogP contribution in [0.2, 0.25) is 0 Å². The maximum Gasteiger partial charge on any atom is 0.243 e. The molecular formula is C20H23FN2O3S. The third-order valence-electron chi connectivity index (χ3n) is 4.79. The predicted molar refractivity (Wildman–Crippen MR) is 101 cm³/mol. The van der Waals surface area contributed by atoms with Gasteiger partial charge in [0.25, 0.3) is 0 Å². The van der Waals surface area contributed by atoms with Crippen LogP contribution in [0.15, 0.2) is 59.5 Å². The van der Waals surface area contributed by atoms with Crippen molar-refractivity contribution in [1.29, 1.82) is 0 Å². The minimum Gasteiger partial charge on any atom is -0.355 e. The maximum atomic E-state index is 13.6. The van der Waals surface area contributed by atoms with Crippen LogP contribution in [-0.2, 0) is 21.2 Å². The van der Waals surface area contributed by atoms with Crippen molar-refractivity contribution in [3.05, 3.63) is 66.0 Å². The molecule has 1 saturated heterocycles. The summed E-state index contributed by atoms with van der Waals surface area (Å²) in [5.74, 6) is -0.860. The molecule has 2 aromatic carbocycles. The Balaban J connectivity index is 1.57. The van der Waals surface area contributed by atoms with Gasteiger partial charge >= 0.3 is 0 Å². The quantitative estimate of drug-likeness (QED) is 0.824. The van der Waals surface area contributed by atoms with E-state index in [1.807, 2.05) is 0 Å².